The van der Waals surface area contributed by atoms with Crippen LogP contribution in [0.25, 0.3) is 16.3 Å². The third-order valence-corrected chi connectivity index (χ3v) is 2.05. The zero-order valence-electron chi connectivity index (χ0n) is 8.40. The van der Waals surface area contributed by atoms with Gasteiger partial charge in [0.05, 0.1) is 5.69 Å². The summed E-state index contributed by atoms with van der Waals surface area (Å²) in [7, 11) is 0. The van der Waals surface area contributed by atoms with Crippen LogP contribution in [0.4, 0.5) is 0 Å². The number of hydrogen-bond donors (Lipinski definition) is 0. The first-order valence-corrected chi connectivity index (χ1v) is 4.64. The van der Waals surface area contributed by atoms with Crippen LogP contribution in [0, 0.1) is 13.5 Å². The summed E-state index contributed by atoms with van der Waals surface area (Å²) >= 11 is 0. The van der Waals surface area contributed by atoms with E-state index in [1.807, 2.05) is 31.2 Å². The molecule has 0 radical (unpaired) electrons. The summed E-state index contributed by atoms with van der Waals surface area (Å²) < 4.78 is 5.29. The monoisotopic (exact) mass is 198 g/mol. The van der Waals surface area contributed by atoms with E-state index in [0.29, 0.717) is 12.4 Å². The Kier molecular flexibility index (Phi) is 2.51. The van der Waals surface area contributed by atoms with E-state index in [1.165, 1.54) is 0 Å². The molecular weight excluding hydrogens is 188 g/mol. The quantitative estimate of drug-likeness (QED) is 0.694. The number of nitrogens with zero attached hydrogens (tertiary/aromatic N) is 2. The first kappa shape index (κ1) is 9.47. The number of aryl methyl sites for hydroxylation is 1. The van der Waals surface area contributed by atoms with Gasteiger partial charge < -0.3 is 9.26 Å². The zero-order chi connectivity index (χ0) is 10.7. The van der Waals surface area contributed by atoms with E-state index >= 15 is 0 Å². The predicted octanol–water partition coefficient (Wildman–Crippen LogP) is 3.07. The van der Waals surface area contributed by atoms with E-state index in [2.05, 4.69) is 9.83 Å². The van der Waals surface area contributed by atoms with Crippen molar-refractivity contribution < 1.29 is 4.42 Å². The average Bonchev–Trinajstić information content (AvgIpc) is 2.66. The largest absolute Gasteiger partial charge is 0.444 e. The van der Waals surface area contributed by atoms with Crippen LogP contribution in [0.5, 0.6) is 0 Å². The van der Waals surface area contributed by atoms with E-state index in [-0.39, 0.29) is 0 Å². The molecule has 0 atom stereocenters. The van der Waals surface area contributed by atoms with Gasteiger partial charge in [0.25, 0.3) is 0 Å². The maximum absolute atomic E-state index is 6.81. The molecule has 0 fully saturated rings. The van der Waals surface area contributed by atoms with Crippen molar-refractivity contribution in [3.05, 3.63) is 53.2 Å². The Morgan fingerprint density at radius 2 is 2.33 bits per heavy atom. The second-order valence-corrected chi connectivity index (χ2v) is 3.31. The molecule has 2 rings (SSSR count). The summed E-state index contributed by atoms with van der Waals surface area (Å²) in [6.45, 7) is 9.09. The van der Waals surface area contributed by atoms with Crippen molar-refractivity contribution in [2.45, 2.75) is 13.5 Å². The molecule has 1 aromatic heterocycles. The summed E-state index contributed by atoms with van der Waals surface area (Å²) in [5, 5.41) is 0. The molecule has 0 bridgehead atoms. The Morgan fingerprint density at radius 3 is 3.00 bits per heavy atom. The fourth-order valence-electron chi connectivity index (χ4n) is 1.38. The lowest BCUT2D eigenvalue weighted by molar-refractivity contribution is 0.573. The van der Waals surface area contributed by atoms with Crippen molar-refractivity contribution in [1.29, 1.82) is 0 Å². The summed E-state index contributed by atoms with van der Waals surface area (Å²) in [6.07, 6.45) is 1.62. The van der Waals surface area contributed by atoms with Crippen molar-refractivity contribution >= 4 is 0 Å². The predicted molar refractivity (Wildman–Crippen MR) is 57.0 cm³/mol. The Morgan fingerprint density at radius 1 is 1.47 bits per heavy atom. The number of rotatable bonds is 2. The Hall–Kier alpha value is -2.08. The van der Waals surface area contributed by atoms with Crippen LogP contribution in [-0.4, -0.2) is 4.98 Å². The standard InChI is InChI=1S/C12H10N2O/c1-9-8-15-12(14-9)11-5-3-4-10(6-11)7-13-2/h3-6,8H,7H2,1H3. The van der Waals surface area contributed by atoms with Gasteiger partial charge in [-0.05, 0) is 19.1 Å². The zero-order valence-corrected chi connectivity index (χ0v) is 8.40. The summed E-state index contributed by atoms with van der Waals surface area (Å²) in [4.78, 5) is 7.58. The second-order valence-electron chi connectivity index (χ2n) is 3.31. The van der Waals surface area contributed by atoms with Gasteiger partial charge in [-0.3, -0.25) is 0 Å². The third-order valence-electron chi connectivity index (χ3n) is 2.05. The molecule has 1 heterocycles. The van der Waals surface area contributed by atoms with Gasteiger partial charge in [-0.2, -0.15) is 0 Å². The minimum absolute atomic E-state index is 0.396. The Balaban J connectivity index is 2.37. The summed E-state index contributed by atoms with van der Waals surface area (Å²) in [5.74, 6) is 0.610. The highest BCUT2D eigenvalue weighted by Gasteiger charge is 2.05. The smallest absolute Gasteiger partial charge is 0.239 e. The highest BCUT2D eigenvalue weighted by molar-refractivity contribution is 5.54. The van der Waals surface area contributed by atoms with E-state index in [4.69, 9.17) is 11.0 Å². The van der Waals surface area contributed by atoms with E-state index in [0.717, 1.165) is 16.8 Å². The average molecular weight is 198 g/mol. The van der Waals surface area contributed by atoms with Crippen LogP contribution in [0.1, 0.15) is 11.3 Å². The van der Waals surface area contributed by atoms with Gasteiger partial charge in [-0.1, -0.05) is 12.1 Å². The van der Waals surface area contributed by atoms with E-state index < -0.39 is 0 Å². The van der Waals surface area contributed by atoms with Crippen molar-refractivity contribution in [2.75, 3.05) is 0 Å². The van der Waals surface area contributed by atoms with E-state index in [9.17, 15) is 0 Å². The molecule has 74 valence electrons. The van der Waals surface area contributed by atoms with Crippen LogP contribution >= 0.6 is 0 Å². The van der Waals surface area contributed by atoms with Crippen LogP contribution in [0.3, 0.4) is 0 Å². The molecule has 0 aliphatic heterocycles. The van der Waals surface area contributed by atoms with Crippen molar-refractivity contribution in [2.24, 2.45) is 0 Å². The van der Waals surface area contributed by atoms with Gasteiger partial charge in [0.15, 0.2) is 0 Å². The molecule has 0 aliphatic rings. The molecule has 3 heteroatoms. The Labute approximate surface area is 88.2 Å². The van der Waals surface area contributed by atoms with Gasteiger partial charge in [-0.25, -0.2) is 11.6 Å². The highest BCUT2D eigenvalue weighted by Crippen LogP contribution is 2.19. The first-order chi connectivity index (χ1) is 7.29. The van der Waals surface area contributed by atoms with Crippen LogP contribution in [-0.2, 0) is 6.54 Å². The molecule has 0 N–H and O–H groups in total. The molecule has 0 unspecified atom stereocenters. The van der Waals surface area contributed by atoms with Crippen LogP contribution in [0.15, 0.2) is 34.9 Å². The molecule has 0 saturated heterocycles. The van der Waals surface area contributed by atoms with Gasteiger partial charge in [-0.15, -0.1) is 0 Å². The molecule has 0 aliphatic carbocycles. The number of oxazole rings is 1. The maximum Gasteiger partial charge on any atom is 0.239 e. The molecular formula is C12H10N2O. The number of aromatic nitrogens is 1. The molecule has 0 spiro atoms. The fourth-order valence-corrected chi connectivity index (χ4v) is 1.38. The molecule has 1 aromatic carbocycles. The van der Waals surface area contributed by atoms with E-state index in [1.54, 1.807) is 6.26 Å². The molecule has 2 aromatic rings. The normalized spacial score (nSPS) is 9.87. The topological polar surface area (TPSA) is 30.4 Å². The van der Waals surface area contributed by atoms with Crippen LogP contribution < -0.4 is 0 Å². The second kappa shape index (κ2) is 3.97. The van der Waals surface area contributed by atoms with Gasteiger partial charge in [0.2, 0.25) is 12.4 Å². The van der Waals surface area contributed by atoms with Crippen LogP contribution in [0.2, 0.25) is 0 Å². The fraction of sp³-hybridized carbons (Fsp3) is 0.167. The summed E-state index contributed by atoms with van der Waals surface area (Å²) in [5.41, 5.74) is 2.77. The highest BCUT2D eigenvalue weighted by atomic mass is 16.3. The minimum atomic E-state index is 0.396. The lowest BCUT2D eigenvalue weighted by Crippen LogP contribution is -1.82. The van der Waals surface area contributed by atoms with Gasteiger partial charge >= 0.3 is 0 Å². The first-order valence-electron chi connectivity index (χ1n) is 4.64. The third kappa shape index (κ3) is 2.05. The molecule has 0 amide bonds. The molecule has 0 saturated carbocycles. The summed E-state index contributed by atoms with van der Waals surface area (Å²) in [6, 6.07) is 7.70. The van der Waals surface area contributed by atoms with Gasteiger partial charge in [0, 0.05) is 11.1 Å². The minimum Gasteiger partial charge on any atom is -0.444 e. The number of benzene rings is 1. The van der Waals surface area contributed by atoms with Crippen molar-refractivity contribution in [3.8, 4) is 11.5 Å². The lowest BCUT2D eigenvalue weighted by Gasteiger charge is -1.96. The number of hydrogen-bond acceptors (Lipinski definition) is 2. The van der Waals surface area contributed by atoms with Crippen molar-refractivity contribution in [3.63, 3.8) is 0 Å². The maximum atomic E-state index is 6.81. The Bertz CT molecular complexity index is 508. The lowest BCUT2D eigenvalue weighted by atomic mass is 10.1. The molecule has 3 nitrogen and oxygen atoms in total. The SMILES string of the molecule is [C-]#[N+]Cc1cccc(-c2nc(C)co2)c1. The van der Waals surface area contributed by atoms with Gasteiger partial charge in [0.1, 0.15) is 6.26 Å². The van der Waals surface area contributed by atoms with Crippen molar-refractivity contribution in [1.82, 2.24) is 4.98 Å². The molecule has 15 heavy (non-hydrogen) atoms.